The number of hydrogen-bond donors (Lipinski definition) is 0. The Balaban J connectivity index is 1.47. The minimum Gasteiger partial charge on any atom is -0.378 e. The van der Waals surface area contributed by atoms with Crippen LogP contribution >= 0.6 is 0 Å². The molecule has 32 heavy (non-hydrogen) atoms. The molecule has 1 aromatic carbocycles. The molecule has 2 aliphatic rings. The van der Waals surface area contributed by atoms with Gasteiger partial charge in [-0.1, -0.05) is 5.16 Å². The molecule has 8 nitrogen and oxygen atoms in total. The summed E-state index contributed by atoms with van der Waals surface area (Å²) in [5.41, 5.74) is 1.76. The molecule has 2 aromatic heterocycles. The number of carbonyl (C=O) groups is 1. The minimum absolute atomic E-state index is 0.0843. The monoisotopic (exact) mass is 439 g/mol. The number of halogens is 1. The van der Waals surface area contributed by atoms with Crippen molar-refractivity contribution in [1.29, 1.82) is 0 Å². The van der Waals surface area contributed by atoms with Gasteiger partial charge in [-0.15, -0.1) is 0 Å². The first-order valence-corrected chi connectivity index (χ1v) is 11.2. The van der Waals surface area contributed by atoms with Crippen LogP contribution in [0.25, 0.3) is 22.4 Å². The van der Waals surface area contributed by atoms with Crippen molar-refractivity contribution in [3.05, 3.63) is 35.9 Å². The fraction of sp³-hybridized carbons (Fsp3) is 0.478. The van der Waals surface area contributed by atoms with Crippen LogP contribution in [-0.2, 0) is 16.0 Å². The molecule has 168 valence electrons. The zero-order valence-corrected chi connectivity index (χ0v) is 17.9. The molecule has 5 rings (SSSR count). The van der Waals surface area contributed by atoms with E-state index in [1.54, 1.807) is 12.1 Å². The Labute approximate surface area is 185 Å². The highest BCUT2D eigenvalue weighted by Gasteiger charge is 2.24. The normalized spacial score (nSPS) is 17.2. The number of amides is 1. The van der Waals surface area contributed by atoms with Gasteiger partial charge in [0, 0.05) is 44.6 Å². The Morgan fingerprint density at radius 2 is 1.75 bits per heavy atom. The molecule has 1 amide bonds. The van der Waals surface area contributed by atoms with Gasteiger partial charge in [-0.05, 0) is 43.5 Å². The Morgan fingerprint density at radius 3 is 2.50 bits per heavy atom. The van der Waals surface area contributed by atoms with Crippen molar-refractivity contribution in [2.24, 2.45) is 0 Å². The first-order chi connectivity index (χ1) is 15.7. The first-order valence-electron chi connectivity index (χ1n) is 11.2. The zero-order valence-electron chi connectivity index (χ0n) is 17.9. The summed E-state index contributed by atoms with van der Waals surface area (Å²) in [6, 6.07) is 6.18. The molecular weight excluding hydrogens is 413 g/mol. The van der Waals surface area contributed by atoms with E-state index in [1.165, 1.54) is 18.6 Å². The number of morpholine rings is 1. The summed E-state index contributed by atoms with van der Waals surface area (Å²) in [6.45, 7) is 4.20. The maximum Gasteiger partial charge on any atom is 0.263 e. The Kier molecular flexibility index (Phi) is 5.98. The van der Waals surface area contributed by atoms with Crippen LogP contribution in [0.1, 0.15) is 31.5 Å². The number of carbonyl (C=O) groups excluding carboxylic acids is 1. The molecule has 2 fully saturated rings. The molecule has 0 saturated carbocycles. The van der Waals surface area contributed by atoms with Crippen molar-refractivity contribution >= 4 is 22.8 Å². The van der Waals surface area contributed by atoms with Crippen molar-refractivity contribution in [3.63, 3.8) is 0 Å². The van der Waals surface area contributed by atoms with E-state index in [-0.39, 0.29) is 11.7 Å². The second kappa shape index (κ2) is 9.20. The highest BCUT2D eigenvalue weighted by molar-refractivity contribution is 5.98. The van der Waals surface area contributed by atoms with Gasteiger partial charge >= 0.3 is 0 Å². The number of nitrogens with zero attached hydrogens (tertiary/aromatic N) is 5. The van der Waals surface area contributed by atoms with E-state index in [0.717, 1.165) is 42.7 Å². The lowest BCUT2D eigenvalue weighted by Crippen LogP contribution is -2.40. The van der Waals surface area contributed by atoms with Gasteiger partial charge in [0.1, 0.15) is 28.5 Å². The molecule has 9 heteroatoms. The SMILES string of the molecule is O=C(CCc1nc(N2CCCCC2)c2c(-c3ccc(F)cc3)noc2n1)N1CCOCC1. The maximum atomic E-state index is 13.4. The van der Waals surface area contributed by atoms with E-state index in [4.69, 9.17) is 14.2 Å². The van der Waals surface area contributed by atoms with Crippen molar-refractivity contribution in [1.82, 2.24) is 20.0 Å². The molecule has 2 aliphatic heterocycles. The number of anilines is 1. The van der Waals surface area contributed by atoms with E-state index in [9.17, 15) is 9.18 Å². The van der Waals surface area contributed by atoms with Crippen LogP contribution in [0.3, 0.4) is 0 Å². The quantitative estimate of drug-likeness (QED) is 0.604. The molecule has 3 aromatic rings. The third-order valence-corrected chi connectivity index (χ3v) is 6.06. The van der Waals surface area contributed by atoms with Crippen LogP contribution in [0.5, 0.6) is 0 Å². The Hall–Kier alpha value is -3.07. The van der Waals surface area contributed by atoms with Gasteiger partial charge < -0.3 is 19.1 Å². The Morgan fingerprint density at radius 1 is 1.00 bits per heavy atom. The van der Waals surface area contributed by atoms with Gasteiger partial charge in [-0.25, -0.2) is 9.37 Å². The first kappa shape index (κ1) is 20.8. The molecule has 4 heterocycles. The Bertz CT molecular complexity index is 1090. The number of rotatable bonds is 5. The lowest BCUT2D eigenvalue weighted by Gasteiger charge is -2.28. The van der Waals surface area contributed by atoms with Crippen molar-refractivity contribution in [3.8, 4) is 11.3 Å². The average molecular weight is 439 g/mol. The number of fused-ring (bicyclic) bond motifs is 1. The summed E-state index contributed by atoms with van der Waals surface area (Å²) in [4.78, 5) is 26.1. The number of aromatic nitrogens is 3. The van der Waals surface area contributed by atoms with Gasteiger partial charge in [0.15, 0.2) is 0 Å². The van der Waals surface area contributed by atoms with E-state index in [1.807, 2.05) is 4.90 Å². The average Bonchev–Trinajstić information content (AvgIpc) is 3.27. The van der Waals surface area contributed by atoms with Crippen LogP contribution in [0.15, 0.2) is 28.8 Å². The standard InChI is InChI=1S/C23H26FN5O3/c24-17-6-4-16(5-7-17)21-20-22(29-10-2-1-3-11-29)25-18(26-23(20)32-27-21)8-9-19(30)28-12-14-31-15-13-28/h4-7H,1-3,8-15H2. The van der Waals surface area contributed by atoms with Crippen molar-refractivity contribution in [2.75, 3.05) is 44.3 Å². The van der Waals surface area contributed by atoms with Crippen LogP contribution in [-0.4, -0.2) is 65.3 Å². The van der Waals surface area contributed by atoms with Crippen LogP contribution in [0, 0.1) is 5.82 Å². The molecule has 0 unspecified atom stereocenters. The maximum absolute atomic E-state index is 13.4. The third kappa shape index (κ3) is 4.29. The molecule has 0 spiro atoms. The molecule has 0 atom stereocenters. The van der Waals surface area contributed by atoms with Gasteiger partial charge in [0.05, 0.1) is 13.2 Å². The van der Waals surface area contributed by atoms with Gasteiger partial charge in [0.2, 0.25) is 5.91 Å². The summed E-state index contributed by atoms with van der Waals surface area (Å²) in [7, 11) is 0. The summed E-state index contributed by atoms with van der Waals surface area (Å²) in [5, 5.41) is 4.98. The molecule has 2 saturated heterocycles. The molecule has 0 N–H and O–H groups in total. The van der Waals surface area contributed by atoms with Crippen LogP contribution < -0.4 is 4.90 Å². The van der Waals surface area contributed by atoms with E-state index in [0.29, 0.717) is 56.4 Å². The summed E-state index contributed by atoms with van der Waals surface area (Å²) in [5.74, 6) is 1.13. The molecular formula is C23H26FN5O3. The second-order valence-electron chi connectivity index (χ2n) is 8.22. The lowest BCUT2D eigenvalue weighted by atomic mass is 10.1. The number of piperidine rings is 1. The topological polar surface area (TPSA) is 84.6 Å². The number of benzene rings is 1. The van der Waals surface area contributed by atoms with E-state index < -0.39 is 0 Å². The highest BCUT2D eigenvalue weighted by Crippen LogP contribution is 2.35. The molecule has 0 bridgehead atoms. The number of ether oxygens (including phenoxy) is 1. The molecule has 0 aliphatic carbocycles. The number of aryl methyl sites for hydroxylation is 1. The van der Waals surface area contributed by atoms with Crippen molar-refractivity contribution < 1.29 is 18.4 Å². The predicted molar refractivity (Wildman–Crippen MR) is 117 cm³/mol. The lowest BCUT2D eigenvalue weighted by molar-refractivity contribution is -0.135. The summed E-state index contributed by atoms with van der Waals surface area (Å²) < 4.78 is 24.4. The van der Waals surface area contributed by atoms with Crippen LogP contribution in [0.2, 0.25) is 0 Å². The third-order valence-electron chi connectivity index (χ3n) is 6.06. The fourth-order valence-corrected chi connectivity index (χ4v) is 4.32. The fourth-order valence-electron chi connectivity index (χ4n) is 4.32. The zero-order chi connectivity index (χ0) is 21.9. The predicted octanol–water partition coefficient (Wildman–Crippen LogP) is 3.21. The van der Waals surface area contributed by atoms with E-state index >= 15 is 0 Å². The molecule has 0 radical (unpaired) electrons. The van der Waals surface area contributed by atoms with Gasteiger partial charge in [-0.2, -0.15) is 4.98 Å². The van der Waals surface area contributed by atoms with E-state index in [2.05, 4.69) is 15.0 Å². The number of hydrogen-bond acceptors (Lipinski definition) is 7. The minimum atomic E-state index is -0.304. The smallest absolute Gasteiger partial charge is 0.263 e. The highest BCUT2D eigenvalue weighted by atomic mass is 19.1. The van der Waals surface area contributed by atoms with Crippen LogP contribution in [0.4, 0.5) is 10.2 Å². The summed E-state index contributed by atoms with van der Waals surface area (Å²) in [6.07, 6.45) is 4.14. The van der Waals surface area contributed by atoms with Gasteiger partial charge in [0.25, 0.3) is 5.71 Å². The summed E-state index contributed by atoms with van der Waals surface area (Å²) >= 11 is 0. The largest absolute Gasteiger partial charge is 0.378 e. The second-order valence-corrected chi connectivity index (χ2v) is 8.22. The van der Waals surface area contributed by atoms with Crippen molar-refractivity contribution in [2.45, 2.75) is 32.1 Å². The van der Waals surface area contributed by atoms with Gasteiger partial charge in [-0.3, -0.25) is 4.79 Å².